The van der Waals surface area contributed by atoms with Crippen LogP contribution < -0.4 is 0 Å². The van der Waals surface area contributed by atoms with Crippen molar-refractivity contribution in [2.45, 2.75) is 205 Å². The van der Waals surface area contributed by atoms with Gasteiger partial charge in [-0.05, 0) is 12.8 Å². The molecule has 2 unspecified atom stereocenters. The molecule has 0 saturated heterocycles. The van der Waals surface area contributed by atoms with Crippen LogP contribution in [0.4, 0.5) is 0 Å². The average molecular weight is 583 g/mol. The summed E-state index contributed by atoms with van der Waals surface area (Å²) in [4.78, 5) is 36.8. The lowest BCUT2D eigenvalue weighted by Gasteiger charge is -2.26. The van der Waals surface area contributed by atoms with Crippen molar-refractivity contribution in [3.8, 4) is 0 Å². The molecule has 0 aromatic heterocycles. The number of hydrogen-bond donors (Lipinski definition) is 3. The summed E-state index contributed by atoms with van der Waals surface area (Å²) in [5, 5.41) is 30.5. The van der Waals surface area contributed by atoms with Crippen LogP contribution in [0.1, 0.15) is 194 Å². The van der Waals surface area contributed by atoms with Crippen molar-refractivity contribution in [2.24, 2.45) is 0 Å². The van der Waals surface area contributed by atoms with Crippen molar-refractivity contribution in [1.82, 2.24) is 0 Å². The average Bonchev–Trinajstić information content (AvgIpc) is 2.96. The molecule has 0 saturated carbocycles. The summed E-state index contributed by atoms with van der Waals surface area (Å²) in [7, 11) is 0. The van der Waals surface area contributed by atoms with E-state index >= 15 is 0 Å². The highest BCUT2D eigenvalue weighted by molar-refractivity contribution is 6.11. The molecule has 242 valence electrons. The van der Waals surface area contributed by atoms with Gasteiger partial charge < -0.3 is 15.3 Å². The number of rotatable bonds is 32. The first-order valence-electron chi connectivity index (χ1n) is 17.5. The Morgan fingerprint density at radius 1 is 0.488 bits per heavy atom. The van der Waals surface area contributed by atoms with E-state index in [0.717, 1.165) is 44.9 Å². The van der Waals surface area contributed by atoms with E-state index in [4.69, 9.17) is 0 Å². The number of aliphatic hydroxyl groups is 2. The molecular formula is C35H66O6. The summed E-state index contributed by atoms with van der Waals surface area (Å²) in [6, 6.07) is 0. The molecule has 6 heteroatoms. The van der Waals surface area contributed by atoms with Gasteiger partial charge in [0.05, 0.1) is 0 Å². The summed E-state index contributed by atoms with van der Waals surface area (Å²) in [5.74, 6) is -3.58. The fraction of sp³-hybridized carbons (Fsp3) is 0.914. The molecule has 0 rings (SSSR count). The van der Waals surface area contributed by atoms with Gasteiger partial charge >= 0.3 is 5.97 Å². The molecule has 0 aliphatic rings. The molecule has 0 aromatic rings. The number of ketones is 2. The second-order valence-corrected chi connectivity index (χ2v) is 12.3. The van der Waals surface area contributed by atoms with Crippen molar-refractivity contribution in [3.05, 3.63) is 0 Å². The molecule has 0 radical (unpaired) electrons. The van der Waals surface area contributed by atoms with Gasteiger partial charge in [-0.2, -0.15) is 0 Å². The van der Waals surface area contributed by atoms with Gasteiger partial charge in [-0.25, -0.2) is 4.79 Å². The molecule has 3 N–H and O–H groups in total. The fourth-order valence-electron chi connectivity index (χ4n) is 5.57. The highest BCUT2D eigenvalue weighted by Gasteiger charge is 2.52. The van der Waals surface area contributed by atoms with Gasteiger partial charge in [0.15, 0.2) is 17.7 Å². The van der Waals surface area contributed by atoms with E-state index in [2.05, 4.69) is 13.8 Å². The lowest BCUT2D eigenvalue weighted by molar-refractivity contribution is -0.180. The van der Waals surface area contributed by atoms with E-state index in [1.54, 1.807) is 0 Å². The molecule has 0 bridgehead atoms. The Hall–Kier alpha value is -1.27. The zero-order valence-corrected chi connectivity index (χ0v) is 26.9. The molecule has 0 amide bonds. The van der Waals surface area contributed by atoms with E-state index in [-0.39, 0.29) is 12.8 Å². The first kappa shape index (κ1) is 39.7. The number of carboxylic acid groups (broad SMARTS) is 1. The fourth-order valence-corrected chi connectivity index (χ4v) is 5.57. The van der Waals surface area contributed by atoms with Gasteiger partial charge in [-0.1, -0.05) is 168 Å². The van der Waals surface area contributed by atoms with Crippen LogP contribution in [0.15, 0.2) is 0 Å². The number of carboxylic acids is 1. The van der Waals surface area contributed by atoms with E-state index in [9.17, 15) is 29.7 Å². The van der Waals surface area contributed by atoms with Crippen molar-refractivity contribution in [1.29, 1.82) is 0 Å². The minimum Gasteiger partial charge on any atom is -0.479 e. The Bertz CT molecular complexity index is 649. The Morgan fingerprint density at radius 3 is 1.05 bits per heavy atom. The van der Waals surface area contributed by atoms with Gasteiger partial charge in [-0.3, -0.25) is 9.59 Å². The highest BCUT2D eigenvalue weighted by Crippen LogP contribution is 2.21. The topological polar surface area (TPSA) is 112 Å². The number of carbonyl (C=O) groups is 3. The van der Waals surface area contributed by atoms with Crippen LogP contribution in [-0.2, 0) is 14.4 Å². The highest BCUT2D eigenvalue weighted by atomic mass is 16.4. The number of carbonyl (C=O) groups excluding carboxylic acids is 2. The van der Waals surface area contributed by atoms with Crippen LogP contribution in [0.2, 0.25) is 0 Å². The molecule has 2 atom stereocenters. The molecule has 0 aliphatic heterocycles. The smallest absolute Gasteiger partial charge is 0.346 e. The zero-order chi connectivity index (χ0) is 30.6. The van der Waals surface area contributed by atoms with Gasteiger partial charge in [-0.15, -0.1) is 0 Å². The minimum atomic E-state index is -3.05. The molecule has 0 fully saturated rings. The largest absolute Gasteiger partial charge is 0.479 e. The molecule has 0 aliphatic carbocycles. The van der Waals surface area contributed by atoms with Gasteiger partial charge in [0.1, 0.15) is 0 Å². The monoisotopic (exact) mass is 582 g/mol. The molecule has 0 aromatic carbocycles. The maximum Gasteiger partial charge on any atom is 0.346 e. The van der Waals surface area contributed by atoms with Crippen LogP contribution in [0.5, 0.6) is 0 Å². The molecular weight excluding hydrogens is 516 g/mol. The molecule has 0 heterocycles. The van der Waals surface area contributed by atoms with Crippen LogP contribution in [-0.4, -0.2) is 44.6 Å². The van der Waals surface area contributed by atoms with Crippen LogP contribution in [0, 0.1) is 0 Å². The third kappa shape index (κ3) is 20.3. The Kier molecular flexibility index (Phi) is 26.7. The lowest BCUT2D eigenvalue weighted by atomic mass is 9.85. The van der Waals surface area contributed by atoms with Crippen molar-refractivity contribution < 1.29 is 29.7 Å². The second-order valence-electron chi connectivity index (χ2n) is 12.3. The number of aliphatic hydroxyl groups excluding tert-OH is 1. The standard InChI is InChI=1S/C35H66O6/c1-3-5-7-9-11-13-15-17-19-21-23-25-27-29-31(36)33(38)35(41,34(39)40)32(37)30-28-26-24-22-20-18-16-14-12-10-8-6-4-2/h33,38,41H,3-30H2,1-2H3,(H,39,40). The van der Waals surface area contributed by atoms with Gasteiger partial charge in [0, 0.05) is 12.8 Å². The quantitative estimate of drug-likeness (QED) is 0.0538. The van der Waals surface area contributed by atoms with E-state index < -0.39 is 29.2 Å². The third-order valence-corrected chi connectivity index (χ3v) is 8.49. The summed E-state index contributed by atoms with van der Waals surface area (Å²) < 4.78 is 0. The number of Topliss-reactive ketones (excluding diaryl/α,β-unsaturated/α-hetero) is 2. The maximum absolute atomic E-state index is 12.6. The van der Waals surface area contributed by atoms with Gasteiger partial charge in [0.25, 0.3) is 5.60 Å². The van der Waals surface area contributed by atoms with E-state index in [1.807, 2.05) is 0 Å². The summed E-state index contributed by atoms with van der Waals surface area (Å²) >= 11 is 0. The Labute approximate surface area is 252 Å². The molecule has 6 nitrogen and oxygen atoms in total. The summed E-state index contributed by atoms with van der Waals surface area (Å²) in [5.41, 5.74) is -3.05. The predicted molar refractivity (Wildman–Crippen MR) is 169 cm³/mol. The van der Waals surface area contributed by atoms with Crippen molar-refractivity contribution in [2.75, 3.05) is 0 Å². The van der Waals surface area contributed by atoms with E-state index in [1.165, 1.54) is 109 Å². The third-order valence-electron chi connectivity index (χ3n) is 8.49. The first-order chi connectivity index (χ1) is 19.8. The number of hydrogen-bond acceptors (Lipinski definition) is 5. The maximum atomic E-state index is 12.6. The van der Waals surface area contributed by atoms with Crippen molar-refractivity contribution in [3.63, 3.8) is 0 Å². The normalized spacial score (nSPS) is 13.7. The Balaban J connectivity index is 4.01. The van der Waals surface area contributed by atoms with E-state index in [0.29, 0.717) is 12.8 Å². The molecule has 41 heavy (non-hydrogen) atoms. The zero-order valence-electron chi connectivity index (χ0n) is 26.9. The van der Waals surface area contributed by atoms with Crippen LogP contribution in [0.3, 0.4) is 0 Å². The van der Waals surface area contributed by atoms with Gasteiger partial charge in [0.2, 0.25) is 0 Å². The SMILES string of the molecule is CCCCCCCCCCCCCCCC(=O)C(O)C(O)(C(=O)O)C(=O)CCCCCCCCCCCCCCC. The summed E-state index contributed by atoms with van der Waals surface area (Å²) in [6.07, 6.45) is 27.5. The second kappa shape index (κ2) is 27.6. The first-order valence-corrected chi connectivity index (χ1v) is 17.5. The number of unbranched alkanes of at least 4 members (excludes halogenated alkanes) is 24. The van der Waals surface area contributed by atoms with Crippen LogP contribution >= 0.6 is 0 Å². The Morgan fingerprint density at radius 2 is 0.756 bits per heavy atom. The predicted octanol–water partition coefficient (Wildman–Crippen LogP) is 9.26. The molecule has 0 spiro atoms. The minimum absolute atomic E-state index is 0.0272. The lowest BCUT2D eigenvalue weighted by Crippen LogP contribution is -2.58. The van der Waals surface area contributed by atoms with Crippen LogP contribution in [0.25, 0.3) is 0 Å². The van der Waals surface area contributed by atoms with Crippen molar-refractivity contribution >= 4 is 17.5 Å². The summed E-state index contributed by atoms with van der Waals surface area (Å²) in [6.45, 7) is 4.46. The number of aliphatic carboxylic acids is 1.